The molecule has 6 heteroatoms. The van der Waals surface area contributed by atoms with Crippen molar-refractivity contribution in [1.29, 1.82) is 0 Å². The molecule has 3 rings (SSSR count). The summed E-state index contributed by atoms with van der Waals surface area (Å²) < 4.78 is 17.6. The summed E-state index contributed by atoms with van der Waals surface area (Å²) in [6, 6.07) is 5.65. The number of rotatable bonds is 4. The van der Waals surface area contributed by atoms with Gasteiger partial charge in [0.1, 0.15) is 5.75 Å². The summed E-state index contributed by atoms with van der Waals surface area (Å²) in [6.45, 7) is 8.10. The van der Waals surface area contributed by atoms with E-state index in [1.807, 2.05) is 45.9 Å². The monoisotopic (exact) mass is 331 g/mol. The molecule has 0 radical (unpaired) electrons. The van der Waals surface area contributed by atoms with Gasteiger partial charge >= 0.3 is 7.12 Å². The topological polar surface area (TPSA) is 56.8 Å². The molecule has 2 aliphatic rings. The summed E-state index contributed by atoms with van der Waals surface area (Å²) in [6.07, 6.45) is 3.08. The summed E-state index contributed by atoms with van der Waals surface area (Å²) in [7, 11) is 1.16. The molecule has 0 atom stereocenters. The maximum absolute atomic E-state index is 12.2. The van der Waals surface area contributed by atoms with Gasteiger partial charge in [-0.25, -0.2) is 0 Å². The van der Waals surface area contributed by atoms with Crippen LogP contribution in [0.5, 0.6) is 5.75 Å². The van der Waals surface area contributed by atoms with Gasteiger partial charge in [-0.3, -0.25) is 4.79 Å². The van der Waals surface area contributed by atoms with Gasteiger partial charge in [0, 0.05) is 5.92 Å². The van der Waals surface area contributed by atoms with Crippen molar-refractivity contribution in [1.82, 2.24) is 0 Å². The minimum absolute atomic E-state index is 0.0722. The molecule has 1 saturated heterocycles. The van der Waals surface area contributed by atoms with Crippen LogP contribution in [0.3, 0.4) is 0 Å². The largest absolute Gasteiger partial charge is 0.495 e. The van der Waals surface area contributed by atoms with Crippen molar-refractivity contribution in [3.05, 3.63) is 18.2 Å². The second kappa shape index (κ2) is 6.08. The molecule has 1 saturated carbocycles. The average Bonchev–Trinajstić information content (AvgIpc) is 2.65. The van der Waals surface area contributed by atoms with Crippen LogP contribution in [-0.4, -0.2) is 31.3 Å². The van der Waals surface area contributed by atoms with Crippen molar-refractivity contribution < 1.29 is 18.8 Å². The van der Waals surface area contributed by atoms with E-state index < -0.39 is 7.12 Å². The summed E-state index contributed by atoms with van der Waals surface area (Å²) in [5.41, 5.74) is 0.797. The van der Waals surface area contributed by atoms with Crippen LogP contribution in [0, 0.1) is 5.92 Å². The summed E-state index contributed by atoms with van der Waals surface area (Å²) in [5, 5.41) is 2.97. The average molecular weight is 331 g/mol. The van der Waals surface area contributed by atoms with E-state index in [1.165, 1.54) is 0 Å². The van der Waals surface area contributed by atoms with E-state index in [1.54, 1.807) is 7.11 Å². The van der Waals surface area contributed by atoms with Crippen LogP contribution >= 0.6 is 0 Å². The number of ether oxygens (including phenoxy) is 1. The molecule has 1 aliphatic carbocycles. The van der Waals surface area contributed by atoms with Gasteiger partial charge in [0.25, 0.3) is 0 Å². The van der Waals surface area contributed by atoms with E-state index in [4.69, 9.17) is 14.0 Å². The Labute approximate surface area is 144 Å². The molecule has 1 aromatic carbocycles. The predicted molar refractivity (Wildman–Crippen MR) is 94.7 cm³/mol. The zero-order valence-electron chi connectivity index (χ0n) is 15.1. The molecule has 1 aromatic rings. The van der Waals surface area contributed by atoms with E-state index in [0.29, 0.717) is 11.4 Å². The number of anilines is 1. The van der Waals surface area contributed by atoms with Crippen LogP contribution in [0.25, 0.3) is 0 Å². The highest BCUT2D eigenvalue weighted by Crippen LogP contribution is 2.37. The van der Waals surface area contributed by atoms with Crippen LogP contribution in [-0.2, 0) is 14.1 Å². The van der Waals surface area contributed by atoms with E-state index in [9.17, 15) is 4.79 Å². The molecule has 24 heavy (non-hydrogen) atoms. The van der Waals surface area contributed by atoms with Crippen LogP contribution in [0.1, 0.15) is 47.0 Å². The maximum atomic E-state index is 12.2. The molecule has 5 nitrogen and oxygen atoms in total. The number of benzene rings is 1. The van der Waals surface area contributed by atoms with E-state index in [2.05, 4.69) is 5.32 Å². The van der Waals surface area contributed by atoms with Crippen molar-refractivity contribution in [3.8, 4) is 5.75 Å². The fraction of sp³-hybridized carbons (Fsp3) is 0.611. The third-order valence-corrected chi connectivity index (χ3v) is 5.48. The first-order chi connectivity index (χ1) is 11.2. The lowest BCUT2D eigenvalue weighted by Crippen LogP contribution is -2.41. The van der Waals surface area contributed by atoms with E-state index >= 15 is 0 Å². The molecular formula is C18H26BNO4. The summed E-state index contributed by atoms with van der Waals surface area (Å²) in [4.78, 5) is 12.2. The van der Waals surface area contributed by atoms with Gasteiger partial charge in [-0.1, -0.05) is 12.5 Å². The van der Waals surface area contributed by atoms with Gasteiger partial charge in [-0.05, 0) is 58.1 Å². The summed E-state index contributed by atoms with van der Waals surface area (Å²) in [5.74, 6) is 0.829. The highest BCUT2D eigenvalue weighted by atomic mass is 16.7. The van der Waals surface area contributed by atoms with Crippen molar-refractivity contribution in [3.63, 3.8) is 0 Å². The fourth-order valence-electron chi connectivity index (χ4n) is 2.84. The minimum atomic E-state index is -0.444. The van der Waals surface area contributed by atoms with Gasteiger partial charge in [0.05, 0.1) is 24.0 Å². The Balaban J connectivity index is 1.78. The standard InChI is InChI=1S/C18H26BNO4/c1-17(2)18(3,4)24-19(23-17)13-9-10-14(15(11-13)22-5)20-16(21)12-7-6-8-12/h9-12H,6-8H2,1-5H3,(H,20,21). The third kappa shape index (κ3) is 3.05. The molecule has 0 spiro atoms. The number of methoxy groups -OCH3 is 1. The number of carbonyl (C=O) groups excluding carboxylic acids is 1. The molecule has 1 aliphatic heterocycles. The van der Waals surface area contributed by atoms with E-state index in [-0.39, 0.29) is 23.0 Å². The van der Waals surface area contributed by atoms with Gasteiger partial charge in [0.15, 0.2) is 0 Å². The molecular weight excluding hydrogens is 305 g/mol. The van der Waals surface area contributed by atoms with Gasteiger partial charge in [-0.2, -0.15) is 0 Å². The number of amides is 1. The third-order valence-electron chi connectivity index (χ3n) is 5.48. The van der Waals surface area contributed by atoms with Gasteiger partial charge in [0.2, 0.25) is 5.91 Å². The lowest BCUT2D eigenvalue weighted by molar-refractivity contribution is -0.122. The molecule has 0 bridgehead atoms. The zero-order chi connectivity index (χ0) is 17.5. The van der Waals surface area contributed by atoms with E-state index in [0.717, 1.165) is 24.7 Å². The van der Waals surface area contributed by atoms with Gasteiger partial charge < -0.3 is 19.4 Å². The Morgan fingerprint density at radius 1 is 1.21 bits per heavy atom. The van der Waals surface area contributed by atoms with Gasteiger partial charge in [-0.15, -0.1) is 0 Å². The Morgan fingerprint density at radius 2 is 1.83 bits per heavy atom. The van der Waals surface area contributed by atoms with Crippen LogP contribution in [0.15, 0.2) is 18.2 Å². The SMILES string of the molecule is COc1cc(B2OC(C)(C)C(C)(C)O2)ccc1NC(=O)C1CCC1. The predicted octanol–water partition coefficient (Wildman–Crippen LogP) is 2.73. The number of carbonyl (C=O) groups is 1. The molecule has 0 aromatic heterocycles. The second-order valence-corrected chi connectivity index (χ2v) is 7.67. The molecule has 0 unspecified atom stereocenters. The van der Waals surface area contributed by atoms with Crippen molar-refractivity contribution in [2.75, 3.05) is 12.4 Å². The molecule has 1 amide bonds. The van der Waals surface area contributed by atoms with Crippen LogP contribution in [0.2, 0.25) is 0 Å². The smallest absolute Gasteiger partial charge is 0.494 e. The lowest BCUT2D eigenvalue weighted by atomic mass is 9.79. The zero-order valence-corrected chi connectivity index (χ0v) is 15.1. The number of nitrogens with one attached hydrogen (secondary N) is 1. The normalized spacial score (nSPS) is 22.1. The molecule has 2 fully saturated rings. The van der Waals surface area contributed by atoms with Crippen LogP contribution < -0.4 is 15.5 Å². The quantitative estimate of drug-likeness (QED) is 0.862. The van der Waals surface area contributed by atoms with Crippen LogP contribution in [0.4, 0.5) is 5.69 Å². The Bertz CT molecular complexity index is 624. The van der Waals surface area contributed by atoms with Crippen molar-refractivity contribution in [2.45, 2.75) is 58.2 Å². The Hall–Kier alpha value is -1.53. The minimum Gasteiger partial charge on any atom is -0.495 e. The highest BCUT2D eigenvalue weighted by Gasteiger charge is 2.51. The second-order valence-electron chi connectivity index (χ2n) is 7.67. The van der Waals surface area contributed by atoms with Crippen molar-refractivity contribution >= 4 is 24.2 Å². The molecule has 1 N–H and O–H groups in total. The van der Waals surface area contributed by atoms with Crippen molar-refractivity contribution in [2.24, 2.45) is 5.92 Å². The fourth-order valence-corrected chi connectivity index (χ4v) is 2.84. The lowest BCUT2D eigenvalue weighted by Gasteiger charge is -2.32. The molecule has 130 valence electrons. The maximum Gasteiger partial charge on any atom is 0.494 e. The first kappa shape index (κ1) is 17.3. The Kier molecular flexibility index (Phi) is 4.38. The Morgan fingerprint density at radius 3 is 2.33 bits per heavy atom. The number of hydrogen-bond donors (Lipinski definition) is 1. The summed E-state index contributed by atoms with van der Waals surface area (Å²) >= 11 is 0. The molecule has 1 heterocycles. The first-order valence-electron chi connectivity index (χ1n) is 8.58. The number of hydrogen-bond acceptors (Lipinski definition) is 4. The highest BCUT2D eigenvalue weighted by molar-refractivity contribution is 6.62. The first-order valence-corrected chi connectivity index (χ1v) is 8.58.